The van der Waals surface area contributed by atoms with Gasteiger partial charge in [0.25, 0.3) is 0 Å². The van der Waals surface area contributed by atoms with Crippen molar-refractivity contribution in [3.63, 3.8) is 0 Å². The standard InChI is InChI=1S/C24H17Br2NO2/c1-28-15-5-8-18(23(11-15)29-2)22-12-21-19-9-13(25)3-6-16(19)17-7-4-14(26)10-20(17)24(21)27-22/h3-11H,12H2,1-2H3. The van der Waals surface area contributed by atoms with Crippen molar-refractivity contribution >= 4 is 64.8 Å². The number of nitrogens with zero attached hydrogens (tertiary/aromatic N) is 1. The summed E-state index contributed by atoms with van der Waals surface area (Å²) in [5.41, 5.74) is 4.29. The Hall–Kier alpha value is -2.37. The van der Waals surface area contributed by atoms with E-state index in [0.717, 1.165) is 49.2 Å². The fourth-order valence-corrected chi connectivity index (χ4v) is 4.80. The summed E-state index contributed by atoms with van der Waals surface area (Å²) >= 11 is 7.26. The van der Waals surface area contributed by atoms with Gasteiger partial charge in [-0.2, -0.15) is 0 Å². The SMILES string of the molecule is COc1ccc(C2=Nc3c(c4cc(Br)ccc4c4ccc(Br)cc34)C2)c(OC)c1. The summed E-state index contributed by atoms with van der Waals surface area (Å²) in [5, 5.41) is 4.84. The molecule has 0 fully saturated rings. The smallest absolute Gasteiger partial charge is 0.131 e. The first kappa shape index (κ1) is 18.6. The van der Waals surface area contributed by atoms with Crippen molar-refractivity contribution in [3.8, 4) is 11.5 Å². The van der Waals surface area contributed by atoms with Crippen LogP contribution in [0.1, 0.15) is 11.1 Å². The summed E-state index contributed by atoms with van der Waals surface area (Å²) in [4.78, 5) is 5.09. The highest BCUT2D eigenvalue weighted by atomic mass is 79.9. The summed E-state index contributed by atoms with van der Waals surface area (Å²) in [6.07, 6.45) is 0.757. The number of fused-ring (bicyclic) bond motifs is 6. The number of methoxy groups -OCH3 is 2. The average Bonchev–Trinajstić information content (AvgIpc) is 3.19. The van der Waals surface area contributed by atoms with Crippen LogP contribution in [0.4, 0.5) is 5.69 Å². The fourth-order valence-electron chi connectivity index (χ4n) is 4.08. The summed E-state index contributed by atoms with van der Waals surface area (Å²) in [6, 6.07) is 18.8. The molecule has 0 amide bonds. The predicted molar refractivity (Wildman–Crippen MR) is 126 cm³/mol. The molecule has 5 rings (SSSR count). The molecule has 1 aliphatic heterocycles. The van der Waals surface area contributed by atoms with Gasteiger partial charge in [-0.15, -0.1) is 0 Å². The van der Waals surface area contributed by atoms with Crippen LogP contribution in [0.15, 0.2) is 68.5 Å². The van der Waals surface area contributed by atoms with Crippen LogP contribution < -0.4 is 9.47 Å². The third kappa shape index (κ3) is 3.04. The van der Waals surface area contributed by atoms with Crippen molar-refractivity contribution in [1.82, 2.24) is 0 Å². The Morgan fingerprint density at radius 3 is 2.14 bits per heavy atom. The molecule has 29 heavy (non-hydrogen) atoms. The van der Waals surface area contributed by atoms with Crippen LogP contribution >= 0.6 is 31.9 Å². The van der Waals surface area contributed by atoms with Crippen LogP contribution in [-0.2, 0) is 6.42 Å². The lowest BCUT2D eigenvalue weighted by Crippen LogP contribution is -2.04. The monoisotopic (exact) mass is 509 g/mol. The predicted octanol–water partition coefficient (Wildman–Crippen LogP) is 7.21. The van der Waals surface area contributed by atoms with E-state index in [1.807, 2.05) is 18.2 Å². The van der Waals surface area contributed by atoms with E-state index in [0.29, 0.717) is 0 Å². The highest BCUT2D eigenvalue weighted by Crippen LogP contribution is 2.44. The molecule has 0 unspecified atom stereocenters. The van der Waals surface area contributed by atoms with Crippen molar-refractivity contribution in [2.45, 2.75) is 6.42 Å². The van der Waals surface area contributed by atoms with E-state index in [1.165, 1.54) is 21.7 Å². The van der Waals surface area contributed by atoms with Crippen molar-refractivity contribution in [2.75, 3.05) is 14.2 Å². The zero-order valence-corrected chi connectivity index (χ0v) is 19.1. The van der Waals surface area contributed by atoms with Crippen molar-refractivity contribution in [3.05, 3.63) is 74.7 Å². The van der Waals surface area contributed by atoms with Crippen LogP contribution in [0.25, 0.3) is 21.5 Å². The topological polar surface area (TPSA) is 30.8 Å². The van der Waals surface area contributed by atoms with Gasteiger partial charge in [0.15, 0.2) is 0 Å². The second-order valence-corrected chi connectivity index (χ2v) is 8.84. The van der Waals surface area contributed by atoms with E-state index in [-0.39, 0.29) is 0 Å². The molecule has 0 bridgehead atoms. The fraction of sp³-hybridized carbons (Fsp3) is 0.125. The molecule has 5 heteroatoms. The van der Waals surface area contributed by atoms with E-state index >= 15 is 0 Å². The van der Waals surface area contributed by atoms with Crippen LogP contribution in [0.2, 0.25) is 0 Å². The molecule has 0 saturated heterocycles. The Labute approximate surface area is 185 Å². The molecule has 0 radical (unpaired) electrons. The second kappa shape index (κ2) is 7.15. The zero-order valence-electron chi connectivity index (χ0n) is 15.9. The normalized spacial score (nSPS) is 12.9. The first-order valence-corrected chi connectivity index (χ1v) is 10.8. The lowest BCUT2D eigenvalue weighted by Gasteiger charge is -2.11. The summed E-state index contributed by atoms with van der Waals surface area (Å²) in [7, 11) is 3.34. The van der Waals surface area contributed by atoms with Gasteiger partial charge in [-0.25, -0.2) is 0 Å². The van der Waals surface area contributed by atoms with Gasteiger partial charge in [-0.1, -0.05) is 44.0 Å². The summed E-state index contributed by atoms with van der Waals surface area (Å²) in [6.45, 7) is 0. The zero-order chi connectivity index (χ0) is 20.1. The van der Waals surface area contributed by atoms with E-state index in [1.54, 1.807) is 14.2 Å². The highest BCUT2D eigenvalue weighted by molar-refractivity contribution is 9.10. The van der Waals surface area contributed by atoms with Crippen molar-refractivity contribution < 1.29 is 9.47 Å². The minimum Gasteiger partial charge on any atom is -0.497 e. The molecule has 0 aliphatic carbocycles. The highest BCUT2D eigenvalue weighted by Gasteiger charge is 2.24. The number of benzene rings is 4. The van der Waals surface area contributed by atoms with Gasteiger partial charge in [0.05, 0.1) is 25.6 Å². The maximum absolute atomic E-state index is 5.64. The third-order valence-electron chi connectivity index (χ3n) is 5.43. The summed E-state index contributed by atoms with van der Waals surface area (Å²) < 4.78 is 13.1. The maximum Gasteiger partial charge on any atom is 0.131 e. The van der Waals surface area contributed by atoms with Crippen LogP contribution in [0, 0.1) is 0 Å². The van der Waals surface area contributed by atoms with Gasteiger partial charge in [0.1, 0.15) is 11.5 Å². The third-order valence-corrected chi connectivity index (χ3v) is 6.42. The number of aliphatic imine (C=N–C) groups is 1. The van der Waals surface area contributed by atoms with E-state index in [2.05, 4.69) is 68.3 Å². The van der Waals surface area contributed by atoms with Gasteiger partial charge in [0, 0.05) is 32.4 Å². The lowest BCUT2D eigenvalue weighted by atomic mass is 9.93. The Bertz CT molecular complexity index is 1330. The van der Waals surface area contributed by atoms with Crippen LogP contribution in [0.5, 0.6) is 11.5 Å². The number of hydrogen-bond donors (Lipinski definition) is 0. The minimum absolute atomic E-state index is 0.757. The van der Waals surface area contributed by atoms with E-state index in [9.17, 15) is 0 Å². The number of ether oxygens (including phenoxy) is 2. The molecule has 0 spiro atoms. The molecular weight excluding hydrogens is 494 g/mol. The Balaban J connectivity index is 1.78. The number of hydrogen-bond acceptors (Lipinski definition) is 3. The molecule has 0 N–H and O–H groups in total. The molecular formula is C24H17Br2NO2. The largest absolute Gasteiger partial charge is 0.497 e. The molecule has 0 aromatic heterocycles. The average molecular weight is 511 g/mol. The van der Waals surface area contributed by atoms with Gasteiger partial charge >= 0.3 is 0 Å². The molecule has 0 atom stereocenters. The molecule has 4 aromatic carbocycles. The molecule has 1 aliphatic rings. The number of rotatable bonds is 3. The Kier molecular flexibility index (Phi) is 4.60. The molecule has 0 saturated carbocycles. The molecule has 1 heterocycles. The van der Waals surface area contributed by atoms with Crippen LogP contribution in [-0.4, -0.2) is 19.9 Å². The lowest BCUT2D eigenvalue weighted by molar-refractivity contribution is 0.394. The first-order chi connectivity index (χ1) is 14.1. The maximum atomic E-state index is 5.64. The minimum atomic E-state index is 0.757. The molecule has 4 aromatic rings. The number of halogens is 2. The molecule has 144 valence electrons. The van der Waals surface area contributed by atoms with Gasteiger partial charge in [-0.05, 0) is 58.1 Å². The van der Waals surface area contributed by atoms with Crippen LogP contribution in [0.3, 0.4) is 0 Å². The quantitative estimate of drug-likeness (QED) is 0.272. The van der Waals surface area contributed by atoms with Gasteiger partial charge in [-0.3, -0.25) is 4.99 Å². The Morgan fingerprint density at radius 2 is 1.45 bits per heavy atom. The van der Waals surface area contributed by atoms with Crippen molar-refractivity contribution in [2.24, 2.45) is 4.99 Å². The van der Waals surface area contributed by atoms with Gasteiger partial charge < -0.3 is 9.47 Å². The molecule has 3 nitrogen and oxygen atoms in total. The Morgan fingerprint density at radius 1 is 0.759 bits per heavy atom. The second-order valence-electron chi connectivity index (χ2n) is 7.01. The van der Waals surface area contributed by atoms with Gasteiger partial charge in [0.2, 0.25) is 0 Å². The van der Waals surface area contributed by atoms with E-state index < -0.39 is 0 Å². The summed E-state index contributed by atoms with van der Waals surface area (Å²) in [5.74, 6) is 1.54. The van der Waals surface area contributed by atoms with Crippen molar-refractivity contribution in [1.29, 1.82) is 0 Å². The van der Waals surface area contributed by atoms with E-state index in [4.69, 9.17) is 14.5 Å². The first-order valence-electron chi connectivity index (χ1n) is 9.22.